The minimum atomic E-state index is 0.449. The number of nitrogens with zero attached hydrogens (tertiary/aromatic N) is 3. The molecule has 0 aliphatic carbocycles. The van der Waals surface area contributed by atoms with Crippen molar-refractivity contribution in [1.82, 2.24) is 9.47 Å². The van der Waals surface area contributed by atoms with Gasteiger partial charge in [-0.3, -0.25) is 0 Å². The molecule has 1 aliphatic rings. The van der Waals surface area contributed by atoms with Crippen LogP contribution in [0.1, 0.15) is 23.7 Å². The van der Waals surface area contributed by atoms with E-state index in [0.29, 0.717) is 12.5 Å². The maximum absolute atomic E-state index is 5.65. The van der Waals surface area contributed by atoms with Crippen molar-refractivity contribution >= 4 is 5.71 Å². The molecule has 0 radical (unpaired) electrons. The van der Waals surface area contributed by atoms with Gasteiger partial charge in [-0.15, -0.1) is 0 Å². The van der Waals surface area contributed by atoms with Crippen LogP contribution in [0.15, 0.2) is 41.7 Å². The van der Waals surface area contributed by atoms with Crippen molar-refractivity contribution in [3.05, 3.63) is 53.3 Å². The summed E-state index contributed by atoms with van der Waals surface area (Å²) in [7, 11) is 4.15. The first-order chi connectivity index (χ1) is 10.6. The van der Waals surface area contributed by atoms with Crippen molar-refractivity contribution in [3.8, 4) is 5.69 Å². The summed E-state index contributed by atoms with van der Waals surface area (Å²) in [5, 5.41) is 4.44. The van der Waals surface area contributed by atoms with E-state index in [2.05, 4.69) is 73.0 Å². The second-order valence-corrected chi connectivity index (χ2v) is 6.39. The fourth-order valence-corrected chi connectivity index (χ4v) is 2.97. The molecule has 1 aromatic carbocycles. The smallest absolute Gasteiger partial charge is 0.136 e. The van der Waals surface area contributed by atoms with Gasteiger partial charge < -0.3 is 14.3 Å². The zero-order chi connectivity index (χ0) is 15.7. The molecule has 1 aliphatic heterocycles. The predicted octanol–water partition coefficient (Wildman–Crippen LogP) is 3.07. The first-order valence-electron chi connectivity index (χ1n) is 7.70. The molecule has 0 amide bonds. The summed E-state index contributed by atoms with van der Waals surface area (Å²) < 4.78 is 2.17. The maximum atomic E-state index is 5.65. The Morgan fingerprint density at radius 1 is 1.27 bits per heavy atom. The van der Waals surface area contributed by atoms with E-state index in [0.717, 1.165) is 23.5 Å². The van der Waals surface area contributed by atoms with Crippen LogP contribution in [-0.4, -0.2) is 42.4 Å². The van der Waals surface area contributed by atoms with Gasteiger partial charge in [0, 0.05) is 24.2 Å². The zero-order valence-electron chi connectivity index (χ0n) is 13.7. The number of aromatic nitrogens is 1. The Hall–Kier alpha value is -2.07. The Kier molecular flexibility index (Phi) is 4.03. The van der Waals surface area contributed by atoms with E-state index in [4.69, 9.17) is 4.84 Å². The van der Waals surface area contributed by atoms with Crippen molar-refractivity contribution in [3.63, 3.8) is 0 Å². The summed E-state index contributed by atoms with van der Waals surface area (Å²) in [4.78, 5) is 7.82. The lowest BCUT2D eigenvalue weighted by atomic mass is 10.1. The van der Waals surface area contributed by atoms with Gasteiger partial charge in [-0.2, -0.15) is 0 Å². The van der Waals surface area contributed by atoms with Crippen LogP contribution in [0.25, 0.3) is 5.69 Å². The molecule has 3 rings (SSSR count). The van der Waals surface area contributed by atoms with Crippen LogP contribution in [-0.2, 0) is 4.84 Å². The van der Waals surface area contributed by atoms with Crippen molar-refractivity contribution in [2.75, 3.05) is 27.2 Å². The van der Waals surface area contributed by atoms with Gasteiger partial charge in [-0.1, -0.05) is 23.7 Å². The maximum Gasteiger partial charge on any atom is 0.136 e. The SMILES string of the molecule is Cc1ccc2c(c1)C(=NOCC(C)CN(C)C)c1cccn1-2. The van der Waals surface area contributed by atoms with Gasteiger partial charge in [0.1, 0.15) is 12.3 Å². The lowest BCUT2D eigenvalue weighted by molar-refractivity contribution is 0.102. The van der Waals surface area contributed by atoms with E-state index in [1.54, 1.807) is 0 Å². The molecule has 2 aromatic rings. The number of benzene rings is 1. The minimum absolute atomic E-state index is 0.449. The molecule has 0 N–H and O–H groups in total. The molecule has 0 bridgehead atoms. The number of oxime groups is 1. The fourth-order valence-electron chi connectivity index (χ4n) is 2.97. The number of rotatable bonds is 5. The molecule has 4 nitrogen and oxygen atoms in total. The Morgan fingerprint density at radius 2 is 2.09 bits per heavy atom. The highest BCUT2D eigenvalue weighted by Gasteiger charge is 2.25. The molecular weight excluding hydrogens is 274 g/mol. The van der Waals surface area contributed by atoms with Gasteiger partial charge >= 0.3 is 0 Å². The van der Waals surface area contributed by atoms with Crippen molar-refractivity contribution < 1.29 is 4.84 Å². The van der Waals surface area contributed by atoms with Crippen molar-refractivity contribution in [2.24, 2.45) is 11.1 Å². The van der Waals surface area contributed by atoms with Crippen LogP contribution in [0.2, 0.25) is 0 Å². The molecule has 1 unspecified atom stereocenters. The highest BCUT2D eigenvalue weighted by atomic mass is 16.6. The molecule has 0 saturated carbocycles. The standard InChI is InChI=1S/C18H23N3O/c1-13-7-8-16-15(10-13)18(17-6-5-9-21(16)17)19-22-12-14(2)11-20(3)4/h5-10,14H,11-12H2,1-4H3. The van der Waals surface area contributed by atoms with Gasteiger partial charge in [-0.05, 0) is 45.3 Å². The van der Waals surface area contributed by atoms with Crippen LogP contribution in [0, 0.1) is 12.8 Å². The summed E-state index contributed by atoms with van der Waals surface area (Å²) in [6.45, 7) is 5.90. The lowest BCUT2D eigenvalue weighted by Crippen LogP contribution is -2.22. The highest BCUT2D eigenvalue weighted by molar-refractivity contribution is 6.17. The van der Waals surface area contributed by atoms with Crippen LogP contribution < -0.4 is 0 Å². The third-order valence-corrected chi connectivity index (χ3v) is 3.85. The Morgan fingerprint density at radius 3 is 2.86 bits per heavy atom. The van der Waals surface area contributed by atoms with Gasteiger partial charge in [0.05, 0.1) is 11.4 Å². The van der Waals surface area contributed by atoms with Crippen LogP contribution in [0.5, 0.6) is 0 Å². The van der Waals surface area contributed by atoms with E-state index in [-0.39, 0.29) is 0 Å². The third kappa shape index (κ3) is 2.79. The molecule has 22 heavy (non-hydrogen) atoms. The first kappa shape index (κ1) is 14.9. The number of hydrogen-bond acceptors (Lipinski definition) is 3. The third-order valence-electron chi connectivity index (χ3n) is 3.85. The second kappa shape index (κ2) is 5.97. The second-order valence-electron chi connectivity index (χ2n) is 6.39. The Balaban J connectivity index is 1.82. The average Bonchev–Trinajstić information content (AvgIpc) is 3.00. The Bertz CT molecular complexity index is 700. The topological polar surface area (TPSA) is 29.8 Å². The van der Waals surface area contributed by atoms with Crippen LogP contribution in [0.3, 0.4) is 0 Å². The van der Waals surface area contributed by atoms with E-state index < -0.39 is 0 Å². The summed E-state index contributed by atoms with van der Waals surface area (Å²) in [5.74, 6) is 0.449. The number of aryl methyl sites for hydroxylation is 1. The molecular formula is C18H23N3O. The molecule has 116 valence electrons. The van der Waals surface area contributed by atoms with E-state index in [9.17, 15) is 0 Å². The van der Waals surface area contributed by atoms with Crippen LogP contribution in [0.4, 0.5) is 0 Å². The summed E-state index contributed by atoms with van der Waals surface area (Å²) in [5.41, 5.74) is 5.59. The Labute approximate surface area is 132 Å². The number of fused-ring (bicyclic) bond motifs is 3. The van der Waals surface area contributed by atoms with Gasteiger partial charge in [0.2, 0.25) is 0 Å². The fraction of sp³-hybridized carbons (Fsp3) is 0.389. The molecule has 0 saturated heterocycles. The summed E-state index contributed by atoms with van der Waals surface area (Å²) in [6.07, 6.45) is 2.07. The van der Waals surface area contributed by atoms with Crippen LogP contribution >= 0.6 is 0 Å². The van der Waals surface area contributed by atoms with E-state index in [1.165, 1.54) is 11.3 Å². The van der Waals surface area contributed by atoms with E-state index in [1.807, 2.05) is 6.07 Å². The molecule has 1 atom stereocenters. The summed E-state index contributed by atoms with van der Waals surface area (Å²) in [6, 6.07) is 10.6. The normalized spacial score (nSPS) is 16.0. The zero-order valence-corrected chi connectivity index (χ0v) is 13.7. The summed E-state index contributed by atoms with van der Waals surface area (Å²) >= 11 is 0. The monoisotopic (exact) mass is 297 g/mol. The molecule has 0 fully saturated rings. The molecule has 2 heterocycles. The number of hydrogen-bond donors (Lipinski definition) is 0. The highest BCUT2D eigenvalue weighted by Crippen LogP contribution is 2.29. The predicted molar refractivity (Wildman–Crippen MR) is 89.8 cm³/mol. The molecule has 4 heteroatoms. The molecule has 0 spiro atoms. The van der Waals surface area contributed by atoms with Crippen molar-refractivity contribution in [2.45, 2.75) is 13.8 Å². The lowest BCUT2D eigenvalue weighted by Gasteiger charge is -2.15. The largest absolute Gasteiger partial charge is 0.395 e. The minimum Gasteiger partial charge on any atom is -0.395 e. The molecule has 1 aromatic heterocycles. The quantitative estimate of drug-likeness (QED) is 0.677. The van der Waals surface area contributed by atoms with Crippen molar-refractivity contribution in [1.29, 1.82) is 0 Å². The van der Waals surface area contributed by atoms with E-state index >= 15 is 0 Å². The van der Waals surface area contributed by atoms with Gasteiger partial charge in [0.15, 0.2) is 0 Å². The average molecular weight is 297 g/mol. The first-order valence-corrected chi connectivity index (χ1v) is 7.70. The van der Waals surface area contributed by atoms with Gasteiger partial charge in [-0.25, -0.2) is 0 Å². The van der Waals surface area contributed by atoms with Gasteiger partial charge in [0.25, 0.3) is 0 Å².